The van der Waals surface area contributed by atoms with E-state index < -0.39 is 0 Å². The summed E-state index contributed by atoms with van der Waals surface area (Å²) in [7, 11) is 0. The zero-order valence-electron chi connectivity index (χ0n) is 12.5. The molecule has 2 fully saturated rings. The SMILES string of the molecule is O=C1C2=C(NC(=S)NC2C2CCCCC2)C2CCCCC12. The van der Waals surface area contributed by atoms with E-state index in [1.807, 2.05) is 0 Å². The van der Waals surface area contributed by atoms with Crippen LogP contribution in [0.15, 0.2) is 11.3 Å². The van der Waals surface area contributed by atoms with E-state index in [0.29, 0.717) is 17.6 Å². The van der Waals surface area contributed by atoms with Crippen molar-refractivity contribution in [2.75, 3.05) is 0 Å². The van der Waals surface area contributed by atoms with Gasteiger partial charge in [0.05, 0.1) is 6.04 Å². The van der Waals surface area contributed by atoms with Crippen molar-refractivity contribution in [1.29, 1.82) is 0 Å². The molecule has 0 aromatic rings. The number of hydrogen-bond acceptors (Lipinski definition) is 2. The molecule has 0 amide bonds. The molecule has 4 aliphatic rings. The van der Waals surface area contributed by atoms with Crippen LogP contribution in [-0.4, -0.2) is 16.9 Å². The summed E-state index contributed by atoms with van der Waals surface area (Å²) < 4.78 is 0. The summed E-state index contributed by atoms with van der Waals surface area (Å²) in [6.07, 6.45) is 11.1. The van der Waals surface area contributed by atoms with Crippen molar-refractivity contribution >= 4 is 23.1 Å². The number of rotatable bonds is 1. The van der Waals surface area contributed by atoms with Crippen LogP contribution >= 0.6 is 12.2 Å². The van der Waals surface area contributed by atoms with Gasteiger partial charge in [-0.2, -0.15) is 0 Å². The highest BCUT2D eigenvalue weighted by molar-refractivity contribution is 7.80. The average Bonchev–Trinajstić information content (AvgIpc) is 2.81. The molecule has 3 aliphatic carbocycles. The standard InChI is InChI=1S/C17H24N2OS/c20-16-12-9-5-4-8-11(12)15-13(16)14(18-17(21)19-15)10-6-2-1-3-7-10/h10-12,14H,1-9H2,(H2,18,19,21). The van der Waals surface area contributed by atoms with Gasteiger partial charge in [-0.3, -0.25) is 4.79 Å². The molecular formula is C17H24N2OS. The number of Topliss-reactive ketones (excluding diaryl/α,β-unsaturated/α-hetero) is 1. The number of fused-ring (bicyclic) bond motifs is 2. The summed E-state index contributed by atoms with van der Waals surface area (Å²) in [5.41, 5.74) is 2.27. The lowest BCUT2D eigenvalue weighted by molar-refractivity contribution is -0.120. The fourth-order valence-electron chi connectivity index (χ4n) is 5.00. The quantitative estimate of drug-likeness (QED) is 0.731. The van der Waals surface area contributed by atoms with Gasteiger partial charge in [0.2, 0.25) is 0 Å². The molecule has 3 nitrogen and oxygen atoms in total. The van der Waals surface area contributed by atoms with E-state index in [1.54, 1.807) is 0 Å². The van der Waals surface area contributed by atoms with Crippen molar-refractivity contribution in [3.05, 3.63) is 11.3 Å². The third-order valence-electron chi connectivity index (χ3n) is 6.00. The Hall–Kier alpha value is -0.900. The smallest absolute Gasteiger partial charge is 0.171 e. The first kappa shape index (κ1) is 13.7. The van der Waals surface area contributed by atoms with Gasteiger partial charge in [-0.1, -0.05) is 32.1 Å². The Morgan fingerprint density at radius 3 is 2.33 bits per heavy atom. The third kappa shape index (κ3) is 2.23. The molecule has 1 aliphatic heterocycles. The molecular weight excluding hydrogens is 280 g/mol. The van der Waals surface area contributed by atoms with E-state index in [-0.39, 0.29) is 12.0 Å². The summed E-state index contributed by atoms with van der Waals surface area (Å²) >= 11 is 5.44. The van der Waals surface area contributed by atoms with E-state index in [1.165, 1.54) is 50.6 Å². The first-order valence-electron chi connectivity index (χ1n) is 8.61. The van der Waals surface area contributed by atoms with Gasteiger partial charge in [-0.05, 0) is 43.8 Å². The lowest BCUT2D eigenvalue weighted by Gasteiger charge is -2.36. The van der Waals surface area contributed by atoms with Crippen molar-refractivity contribution < 1.29 is 4.79 Å². The lowest BCUT2D eigenvalue weighted by atomic mass is 9.78. The Bertz CT molecular complexity index is 507. The lowest BCUT2D eigenvalue weighted by Crippen LogP contribution is -2.52. The van der Waals surface area contributed by atoms with Gasteiger partial charge in [0.15, 0.2) is 10.9 Å². The number of hydrogen-bond donors (Lipinski definition) is 2. The summed E-state index contributed by atoms with van der Waals surface area (Å²) in [6.45, 7) is 0. The number of ketones is 1. The fourth-order valence-corrected chi connectivity index (χ4v) is 5.23. The van der Waals surface area contributed by atoms with E-state index in [0.717, 1.165) is 23.5 Å². The molecule has 0 aromatic carbocycles. The van der Waals surface area contributed by atoms with Crippen molar-refractivity contribution in [2.45, 2.75) is 63.8 Å². The Balaban J connectivity index is 1.69. The predicted octanol–water partition coefficient (Wildman–Crippen LogP) is 3.06. The topological polar surface area (TPSA) is 41.1 Å². The van der Waals surface area contributed by atoms with E-state index >= 15 is 0 Å². The Kier molecular flexibility index (Phi) is 3.52. The van der Waals surface area contributed by atoms with Crippen molar-refractivity contribution in [1.82, 2.24) is 10.6 Å². The van der Waals surface area contributed by atoms with Gasteiger partial charge < -0.3 is 10.6 Å². The van der Waals surface area contributed by atoms with Gasteiger partial charge in [0.25, 0.3) is 0 Å². The van der Waals surface area contributed by atoms with Crippen molar-refractivity contribution in [3.8, 4) is 0 Å². The maximum absolute atomic E-state index is 13.0. The molecule has 4 rings (SSSR count). The van der Waals surface area contributed by atoms with Crippen LogP contribution in [0.3, 0.4) is 0 Å². The largest absolute Gasteiger partial charge is 0.355 e. The molecule has 2 N–H and O–H groups in total. The van der Waals surface area contributed by atoms with Gasteiger partial charge >= 0.3 is 0 Å². The monoisotopic (exact) mass is 304 g/mol. The summed E-state index contributed by atoms with van der Waals surface area (Å²) in [5.74, 6) is 1.68. The number of nitrogens with one attached hydrogen (secondary N) is 2. The van der Waals surface area contributed by atoms with Crippen LogP contribution in [0, 0.1) is 17.8 Å². The van der Waals surface area contributed by atoms with Crippen molar-refractivity contribution in [3.63, 3.8) is 0 Å². The molecule has 0 aromatic heterocycles. The van der Waals surface area contributed by atoms with Gasteiger partial charge in [-0.15, -0.1) is 0 Å². The highest BCUT2D eigenvalue weighted by Gasteiger charge is 2.48. The molecule has 2 saturated carbocycles. The Morgan fingerprint density at radius 2 is 1.57 bits per heavy atom. The van der Waals surface area contributed by atoms with Crippen LogP contribution in [0.4, 0.5) is 0 Å². The normalized spacial score (nSPS) is 36.9. The minimum Gasteiger partial charge on any atom is -0.355 e. The van der Waals surface area contributed by atoms with Crippen LogP contribution < -0.4 is 10.6 Å². The molecule has 3 unspecified atom stereocenters. The highest BCUT2D eigenvalue weighted by atomic mass is 32.1. The van der Waals surface area contributed by atoms with E-state index in [4.69, 9.17) is 12.2 Å². The molecule has 0 bridgehead atoms. The van der Waals surface area contributed by atoms with E-state index in [9.17, 15) is 4.79 Å². The average molecular weight is 304 g/mol. The first-order chi connectivity index (χ1) is 10.3. The van der Waals surface area contributed by atoms with Gasteiger partial charge in [0, 0.05) is 23.1 Å². The molecule has 114 valence electrons. The van der Waals surface area contributed by atoms with Crippen LogP contribution in [0.25, 0.3) is 0 Å². The molecule has 21 heavy (non-hydrogen) atoms. The van der Waals surface area contributed by atoms with Gasteiger partial charge in [-0.25, -0.2) is 0 Å². The number of carbonyl (C=O) groups excluding carboxylic acids is 1. The second-order valence-electron chi connectivity index (χ2n) is 7.16. The molecule has 3 atom stereocenters. The minimum atomic E-state index is 0.187. The number of allylic oxidation sites excluding steroid dienone is 1. The maximum Gasteiger partial charge on any atom is 0.171 e. The molecule has 0 spiro atoms. The van der Waals surface area contributed by atoms with Crippen LogP contribution in [0.2, 0.25) is 0 Å². The maximum atomic E-state index is 13.0. The second-order valence-corrected chi connectivity index (χ2v) is 7.57. The van der Waals surface area contributed by atoms with Crippen LogP contribution in [0.1, 0.15) is 57.8 Å². The van der Waals surface area contributed by atoms with Gasteiger partial charge in [0.1, 0.15) is 0 Å². The zero-order valence-corrected chi connectivity index (χ0v) is 13.3. The molecule has 0 radical (unpaired) electrons. The van der Waals surface area contributed by atoms with Crippen LogP contribution in [-0.2, 0) is 4.79 Å². The highest BCUT2D eigenvalue weighted by Crippen LogP contribution is 2.46. The minimum absolute atomic E-state index is 0.187. The third-order valence-corrected chi connectivity index (χ3v) is 6.22. The Labute approximate surface area is 131 Å². The predicted molar refractivity (Wildman–Crippen MR) is 86.7 cm³/mol. The summed E-state index contributed by atoms with van der Waals surface area (Å²) in [6, 6.07) is 0.187. The summed E-state index contributed by atoms with van der Waals surface area (Å²) in [4.78, 5) is 13.0. The van der Waals surface area contributed by atoms with E-state index in [2.05, 4.69) is 10.6 Å². The fraction of sp³-hybridized carbons (Fsp3) is 0.765. The molecule has 0 saturated heterocycles. The van der Waals surface area contributed by atoms with Crippen LogP contribution in [0.5, 0.6) is 0 Å². The second kappa shape index (κ2) is 5.38. The number of carbonyl (C=O) groups is 1. The zero-order chi connectivity index (χ0) is 14.4. The first-order valence-corrected chi connectivity index (χ1v) is 9.02. The summed E-state index contributed by atoms with van der Waals surface area (Å²) in [5, 5.41) is 7.53. The molecule has 1 heterocycles. The van der Waals surface area contributed by atoms with Crippen molar-refractivity contribution in [2.24, 2.45) is 17.8 Å². The Morgan fingerprint density at radius 1 is 0.905 bits per heavy atom. The number of thiocarbonyl (C=S) groups is 1. The molecule has 4 heteroatoms.